The molecule has 0 aliphatic carbocycles. The maximum Gasteiger partial charge on any atom is 0.229 e. The van der Waals surface area contributed by atoms with Crippen LogP contribution in [0.3, 0.4) is 0 Å². The molecule has 5 heteroatoms. The number of piperidine rings is 1. The van der Waals surface area contributed by atoms with Crippen LogP contribution in [0.15, 0.2) is 0 Å². The van der Waals surface area contributed by atoms with E-state index in [9.17, 15) is 9.59 Å². The molecule has 0 aromatic rings. The summed E-state index contributed by atoms with van der Waals surface area (Å²) in [6, 6.07) is 0. The number of ether oxygens (including phenoxy) is 1. The minimum Gasteiger partial charge on any atom is -0.381 e. The van der Waals surface area contributed by atoms with Crippen LogP contribution in [-0.4, -0.2) is 38.1 Å². The highest BCUT2D eigenvalue weighted by atomic mass is 16.5. The standard InChI is InChI=1S/C11H18N2O3/c14-10(5-8-6-16-7-8)13-11(15)9-1-3-12-4-2-9/h8-9,12H,1-7H2,(H,13,14,15). The Morgan fingerprint density at radius 2 is 1.94 bits per heavy atom. The van der Waals surface area contributed by atoms with Crippen LogP contribution in [-0.2, 0) is 14.3 Å². The molecule has 2 amide bonds. The minimum atomic E-state index is -0.156. The molecule has 5 nitrogen and oxygen atoms in total. The van der Waals surface area contributed by atoms with E-state index in [1.165, 1.54) is 0 Å². The van der Waals surface area contributed by atoms with Crippen LogP contribution >= 0.6 is 0 Å². The van der Waals surface area contributed by atoms with Crippen molar-refractivity contribution in [3.63, 3.8) is 0 Å². The zero-order valence-electron chi connectivity index (χ0n) is 9.33. The Morgan fingerprint density at radius 1 is 1.25 bits per heavy atom. The summed E-state index contributed by atoms with van der Waals surface area (Å²) in [6.07, 6.45) is 2.06. The molecule has 2 rings (SSSR count). The molecule has 0 unspecified atom stereocenters. The van der Waals surface area contributed by atoms with Crippen LogP contribution in [0, 0.1) is 11.8 Å². The van der Waals surface area contributed by atoms with Gasteiger partial charge in [0.15, 0.2) is 0 Å². The highest BCUT2D eigenvalue weighted by Gasteiger charge is 2.25. The van der Waals surface area contributed by atoms with E-state index in [1.54, 1.807) is 0 Å². The largest absolute Gasteiger partial charge is 0.381 e. The second-order valence-electron chi connectivity index (χ2n) is 4.54. The molecular weight excluding hydrogens is 208 g/mol. The molecule has 90 valence electrons. The van der Waals surface area contributed by atoms with E-state index in [0.717, 1.165) is 25.9 Å². The number of rotatable bonds is 3. The monoisotopic (exact) mass is 226 g/mol. The molecule has 2 aliphatic rings. The summed E-state index contributed by atoms with van der Waals surface area (Å²) in [6.45, 7) is 3.02. The number of hydrogen-bond donors (Lipinski definition) is 2. The third kappa shape index (κ3) is 3.02. The van der Waals surface area contributed by atoms with Crippen LogP contribution in [0.5, 0.6) is 0 Å². The van der Waals surface area contributed by atoms with Crippen molar-refractivity contribution in [3.05, 3.63) is 0 Å². The van der Waals surface area contributed by atoms with Crippen LogP contribution in [0.25, 0.3) is 0 Å². The van der Waals surface area contributed by atoms with Gasteiger partial charge < -0.3 is 10.1 Å². The Hall–Kier alpha value is -0.940. The lowest BCUT2D eigenvalue weighted by molar-refractivity contribution is -0.135. The average molecular weight is 226 g/mol. The van der Waals surface area contributed by atoms with E-state index in [0.29, 0.717) is 25.6 Å². The predicted molar refractivity (Wildman–Crippen MR) is 57.7 cm³/mol. The van der Waals surface area contributed by atoms with E-state index in [4.69, 9.17) is 4.74 Å². The van der Waals surface area contributed by atoms with Gasteiger partial charge in [0.1, 0.15) is 0 Å². The Kier molecular flexibility index (Phi) is 3.90. The molecule has 0 spiro atoms. The highest BCUT2D eigenvalue weighted by Crippen LogP contribution is 2.15. The quantitative estimate of drug-likeness (QED) is 0.691. The molecule has 0 atom stereocenters. The smallest absolute Gasteiger partial charge is 0.229 e. The van der Waals surface area contributed by atoms with Gasteiger partial charge in [-0.15, -0.1) is 0 Å². The summed E-state index contributed by atoms with van der Waals surface area (Å²) >= 11 is 0. The first-order valence-electron chi connectivity index (χ1n) is 5.88. The van der Waals surface area contributed by atoms with Gasteiger partial charge in [-0.2, -0.15) is 0 Å². The average Bonchev–Trinajstić information content (AvgIpc) is 2.25. The lowest BCUT2D eigenvalue weighted by Crippen LogP contribution is -2.42. The van der Waals surface area contributed by atoms with Gasteiger partial charge in [0.05, 0.1) is 13.2 Å². The van der Waals surface area contributed by atoms with Crippen molar-refractivity contribution in [1.82, 2.24) is 10.6 Å². The maximum absolute atomic E-state index is 11.7. The first kappa shape index (κ1) is 11.5. The minimum absolute atomic E-state index is 0.00263. The summed E-state index contributed by atoms with van der Waals surface area (Å²) in [5.74, 6) is 0.0484. The van der Waals surface area contributed by atoms with Crippen molar-refractivity contribution in [1.29, 1.82) is 0 Å². The lowest BCUT2D eigenvalue weighted by Gasteiger charge is -2.26. The molecule has 0 radical (unpaired) electrons. The van der Waals surface area contributed by atoms with Crippen molar-refractivity contribution < 1.29 is 14.3 Å². The van der Waals surface area contributed by atoms with Crippen molar-refractivity contribution >= 4 is 11.8 Å². The lowest BCUT2D eigenvalue weighted by atomic mass is 9.97. The van der Waals surface area contributed by atoms with E-state index >= 15 is 0 Å². The van der Waals surface area contributed by atoms with Gasteiger partial charge in [-0.25, -0.2) is 0 Å². The summed E-state index contributed by atoms with van der Waals surface area (Å²) < 4.78 is 4.98. The van der Waals surface area contributed by atoms with Crippen molar-refractivity contribution in [2.75, 3.05) is 26.3 Å². The highest BCUT2D eigenvalue weighted by molar-refractivity contribution is 5.96. The Bertz CT molecular complexity index is 270. The molecule has 2 aliphatic heterocycles. The number of amides is 2. The van der Waals surface area contributed by atoms with Crippen LogP contribution < -0.4 is 10.6 Å². The van der Waals surface area contributed by atoms with Gasteiger partial charge in [-0.05, 0) is 25.9 Å². The summed E-state index contributed by atoms with van der Waals surface area (Å²) in [7, 11) is 0. The zero-order chi connectivity index (χ0) is 11.4. The first-order valence-corrected chi connectivity index (χ1v) is 5.88. The SMILES string of the molecule is O=C(CC1COC1)NC(=O)C1CCNCC1. The van der Waals surface area contributed by atoms with Gasteiger partial charge in [0, 0.05) is 18.3 Å². The van der Waals surface area contributed by atoms with Gasteiger partial charge >= 0.3 is 0 Å². The molecular formula is C11H18N2O3. The van der Waals surface area contributed by atoms with Gasteiger partial charge in [-0.1, -0.05) is 0 Å². The van der Waals surface area contributed by atoms with Crippen LogP contribution in [0.4, 0.5) is 0 Å². The molecule has 16 heavy (non-hydrogen) atoms. The molecule has 0 saturated carbocycles. The molecule has 0 bridgehead atoms. The van der Waals surface area contributed by atoms with Crippen LogP contribution in [0.1, 0.15) is 19.3 Å². The summed E-state index contributed by atoms with van der Waals surface area (Å²) in [4.78, 5) is 23.2. The second-order valence-corrected chi connectivity index (χ2v) is 4.54. The van der Waals surface area contributed by atoms with Crippen molar-refractivity contribution in [2.45, 2.75) is 19.3 Å². The number of carbonyl (C=O) groups is 2. The summed E-state index contributed by atoms with van der Waals surface area (Å²) in [5, 5.41) is 5.68. The third-order valence-electron chi connectivity index (χ3n) is 3.15. The van der Waals surface area contributed by atoms with E-state index in [2.05, 4.69) is 10.6 Å². The van der Waals surface area contributed by atoms with Gasteiger partial charge in [0.25, 0.3) is 0 Å². The molecule has 2 heterocycles. The van der Waals surface area contributed by atoms with Gasteiger partial charge in [0.2, 0.25) is 11.8 Å². The van der Waals surface area contributed by atoms with Gasteiger partial charge in [-0.3, -0.25) is 14.9 Å². The van der Waals surface area contributed by atoms with E-state index < -0.39 is 0 Å². The number of nitrogens with one attached hydrogen (secondary N) is 2. The molecule has 2 fully saturated rings. The van der Waals surface area contributed by atoms with E-state index in [1.807, 2.05) is 0 Å². The van der Waals surface area contributed by atoms with Crippen LogP contribution in [0.2, 0.25) is 0 Å². The predicted octanol–water partition coefficient (Wildman–Crippen LogP) is -0.335. The van der Waals surface area contributed by atoms with Crippen molar-refractivity contribution in [2.24, 2.45) is 11.8 Å². The number of imide groups is 1. The molecule has 2 saturated heterocycles. The number of hydrogen-bond acceptors (Lipinski definition) is 4. The topological polar surface area (TPSA) is 67.4 Å². The third-order valence-corrected chi connectivity index (χ3v) is 3.15. The van der Waals surface area contributed by atoms with Crippen molar-refractivity contribution in [3.8, 4) is 0 Å². The Morgan fingerprint density at radius 3 is 2.50 bits per heavy atom. The fraction of sp³-hybridized carbons (Fsp3) is 0.818. The van der Waals surface area contributed by atoms with E-state index in [-0.39, 0.29) is 17.7 Å². The fourth-order valence-electron chi connectivity index (χ4n) is 2.04. The summed E-state index contributed by atoms with van der Waals surface area (Å²) in [5.41, 5.74) is 0. The second kappa shape index (κ2) is 5.41. The normalized spacial score (nSPS) is 22.5. The maximum atomic E-state index is 11.7. The molecule has 2 N–H and O–H groups in total. The Labute approximate surface area is 94.9 Å². The zero-order valence-corrected chi connectivity index (χ0v) is 9.33. The molecule has 0 aromatic carbocycles. The first-order chi connectivity index (χ1) is 7.75. The Balaban J connectivity index is 1.70. The molecule has 0 aromatic heterocycles. The fourth-order valence-corrected chi connectivity index (χ4v) is 2.04. The number of carbonyl (C=O) groups excluding carboxylic acids is 2.